The number of carbonyl (C=O) groups excluding carboxylic acids is 1. The highest BCUT2D eigenvalue weighted by atomic mass is 16.4. The largest absolute Gasteiger partial charge is 0.481 e. The molecule has 1 aliphatic heterocycles. The predicted octanol–water partition coefficient (Wildman–Crippen LogP) is 1.97. The van der Waals surface area contributed by atoms with Gasteiger partial charge in [0.2, 0.25) is 5.91 Å². The van der Waals surface area contributed by atoms with E-state index in [1.165, 1.54) is 0 Å². The van der Waals surface area contributed by atoms with E-state index in [0.717, 1.165) is 58.3 Å². The zero-order valence-electron chi connectivity index (χ0n) is 13.1. The molecule has 0 spiro atoms. The second-order valence-corrected chi connectivity index (χ2v) is 6.71. The Kier molecular flexibility index (Phi) is 5.62. The van der Waals surface area contributed by atoms with Crippen molar-refractivity contribution in [1.29, 1.82) is 0 Å². The van der Waals surface area contributed by atoms with Crippen LogP contribution in [0.4, 0.5) is 0 Å². The van der Waals surface area contributed by atoms with E-state index >= 15 is 0 Å². The molecule has 0 radical (unpaired) electrons. The molecule has 0 aromatic carbocycles. The third-order valence-corrected chi connectivity index (χ3v) is 5.08. The number of carboxylic acid groups (broad SMARTS) is 1. The molecule has 0 aromatic heterocycles. The summed E-state index contributed by atoms with van der Waals surface area (Å²) in [6, 6.07) is 0. The first-order valence-corrected chi connectivity index (χ1v) is 8.23. The van der Waals surface area contributed by atoms with Crippen LogP contribution in [0.3, 0.4) is 0 Å². The highest BCUT2D eigenvalue weighted by Gasteiger charge is 2.41. The topological polar surface area (TPSA) is 60.9 Å². The van der Waals surface area contributed by atoms with Gasteiger partial charge in [-0.15, -0.1) is 0 Å². The summed E-state index contributed by atoms with van der Waals surface area (Å²) in [6.07, 6.45) is 6.53. The molecular formula is C16H28N2O3. The SMILES string of the molecule is CN1CCCN(C(=O)CC2(C(=O)O)CCCCCC2)CC1. The minimum Gasteiger partial charge on any atom is -0.481 e. The molecule has 120 valence electrons. The fourth-order valence-electron chi connectivity index (χ4n) is 3.57. The van der Waals surface area contributed by atoms with Gasteiger partial charge in [-0.2, -0.15) is 0 Å². The van der Waals surface area contributed by atoms with Gasteiger partial charge in [0, 0.05) is 26.1 Å². The van der Waals surface area contributed by atoms with Gasteiger partial charge in [-0.3, -0.25) is 9.59 Å². The maximum atomic E-state index is 12.6. The third-order valence-electron chi connectivity index (χ3n) is 5.08. The van der Waals surface area contributed by atoms with Crippen LogP contribution in [0.2, 0.25) is 0 Å². The molecule has 1 saturated heterocycles. The Labute approximate surface area is 127 Å². The van der Waals surface area contributed by atoms with E-state index in [2.05, 4.69) is 11.9 Å². The molecule has 0 bridgehead atoms. The van der Waals surface area contributed by atoms with E-state index in [1.54, 1.807) is 0 Å². The maximum Gasteiger partial charge on any atom is 0.310 e. The summed E-state index contributed by atoms with van der Waals surface area (Å²) in [7, 11) is 2.07. The summed E-state index contributed by atoms with van der Waals surface area (Å²) in [6.45, 7) is 3.38. The molecule has 2 aliphatic rings. The van der Waals surface area contributed by atoms with Gasteiger partial charge in [0.1, 0.15) is 0 Å². The first kappa shape index (κ1) is 16.3. The average molecular weight is 296 g/mol. The maximum absolute atomic E-state index is 12.6. The number of nitrogens with zero attached hydrogens (tertiary/aromatic N) is 2. The Bertz CT molecular complexity index is 376. The van der Waals surface area contributed by atoms with Gasteiger partial charge >= 0.3 is 5.97 Å². The average Bonchev–Trinajstić information content (AvgIpc) is 2.80. The number of carbonyl (C=O) groups is 2. The second-order valence-electron chi connectivity index (χ2n) is 6.71. The molecule has 1 saturated carbocycles. The fraction of sp³-hybridized carbons (Fsp3) is 0.875. The number of rotatable bonds is 3. The van der Waals surface area contributed by atoms with Crippen molar-refractivity contribution in [3.8, 4) is 0 Å². The molecule has 2 rings (SSSR count). The van der Waals surface area contributed by atoms with Gasteiger partial charge in [0.15, 0.2) is 0 Å². The first-order chi connectivity index (χ1) is 10.0. The predicted molar refractivity (Wildman–Crippen MR) is 81.1 cm³/mol. The first-order valence-electron chi connectivity index (χ1n) is 8.23. The van der Waals surface area contributed by atoms with Crippen LogP contribution in [-0.4, -0.2) is 60.0 Å². The molecule has 0 unspecified atom stereocenters. The quantitative estimate of drug-likeness (QED) is 0.809. The number of carboxylic acids is 1. The zero-order valence-corrected chi connectivity index (χ0v) is 13.1. The van der Waals surface area contributed by atoms with E-state index in [4.69, 9.17) is 0 Å². The molecular weight excluding hydrogens is 268 g/mol. The normalized spacial score (nSPS) is 24.1. The van der Waals surface area contributed by atoms with Crippen molar-refractivity contribution in [2.24, 2.45) is 5.41 Å². The van der Waals surface area contributed by atoms with E-state index in [0.29, 0.717) is 12.8 Å². The molecule has 2 fully saturated rings. The summed E-state index contributed by atoms with van der Waals surface area (Å²) in [4.78, 5) is 28.5. The third kappa shape index (κ3) is 4.19. The minimum atomic E-state index is -0.814. The molecule has 21 heavy (non-hydrogen) atoms. The number of likely N-dealkylation sites (N-methyl/N-ethyl adjacent to an activating group) is 1. The standard InChI is InChI=1S/C16H28N2O3/c1-17-9-6-10-18(12-11-17)14(19)13-16(15(20)21)7-4-2-3-5-8-16/h2-13H2,1H3,(H,20,21). The van der Waals surface area contributed by atoms with E-state index in [9.17, 15) is 14.7 Å². The molecule has 1 aliphatic carbocycles. The summed E-state index contributed by atoms with van der Waals surface area (Å²) in [5.74, 6) is -0.737. The second kappa shape index (κ2) is 7.25. The molecule has 5 heteroatoms. The van der Waals surface area contributed by atoms with Crippen molar-refractivity contribution < 1.29 is 14.7 Å². The molecule has 1 heterocycles. The number of hydrogen-bond acceptors (Lipinski definition) is 3. The van der Waals surface area contributed by atoms with Crippen molar-refractivity contribution in [3.05, 3.63) is 0 Å². The lowest BCUT2D eigenvalue weighted by atomic mass is 9.77. The summed E-state index contributed by atoms with van der Waals surface area (Å²) in [5.41, 5.74) is -0.814. The fourth-order valence-corrected chi connectivity index (χ4v) is 3.57. The highest BCUT2D eigenvalue weighted by Crippen LogP contribution is 2.39. The Morgan fingerprint density at radius 2 is 1.62 bits per heavy atom. The zero-order chi connectivity index (χ0) is 15.3. The van der Waals surface area contributed by atoms with Crippen LogP contribution in [0, 0.1) is 5.41 Å². The summed E-state index contributed by atoms with van der Waals surface area (Å²) >= 11 is 0. The van der Waals surface area contributed by atoms with Gasteiger partial charge in [-0.1, -0.05) is 25.7 Å². The lowest BCUT2D eigenvalue weighted by Gasteiger charge is -2.30. The monoisotopic (exact) mass is 296 g/mol. The Balaban J connectivity index is 2.02. The minimum absolute atomic E-state index is 0.0367. The van der Waals surface area contributed by atoms with Crippen molar-refractivity contribution in [2.75, 3.05) is 33.2 Å². The van der Waals surface area contributed by atoms with Gasteiger partial charge < -0.3 is 14.9 Å². The van der Waals surface area contributed by atoms with E-state index in [1.807, 2.05) is 4.90 Å². The van der Waals surface area contributed by atoms with Gasteiger partial charge in [0.05, 0.1) is 5.41 Å². The van der Waals surface area contributed by atoms with Crippen LogP contribution in [0.1, 0.15) is 51.4 Å². The van der Waals surface area contributed by atoms with Crippen LogP contribution >= 0.6 is 0 Å². The highest BCUT2D eigenvalue weighted by molar-refractivity contribution is 5.85. The van der Waals surface area contributed by atoms with Crippen LogP contribution in [0.15, 0.2) is 0 Å². The van der Waals surface area contributed by atoms with E-state index in [-0.39, 0.29) is 12.3 Å². The van der Waals surface area contributed by atoms with Crippen molar-refractivity contribution >= 4 is 11.9 Å². The van der Waals surface area contributed by atoms with Crippen LogP contribution in [0.5, 0.6) is 0 Å². The smallest absolute Gasteiger partial charge is 0.310 e. The van der Waals surface area contributed by atoms with Gasteiger partial charge in [0.25, 0.3) is 0 Å². The van der Waals surface area contributed by atoms with Crippen LogP contribution < -0.4 is 0 Å². The molecule has 0 aromatic rings. The molecule has 1 amide bonds. The lowest BCUT2D eigenvalue weighted by molar-refractivity contribution is -0.154. The number of hydrogen-bond donors (Lipinski definition) is 1. The van der Waals surface area contributed by atoms with E-state index < -0.39 is 11.4 Å². The van der Waals surface area contributed by atoms with Crippen molar-refractivity contribution in [3.63, 3.8) is 0 Å². The Morgan fingerprint density at radius 1 is 0.952 bits per heavy atom. The molecule has 5 nitrogen and oxygen atoms in total. The van der Waals surface area contributed by atoms with Crippen molar-refractivity contribution in [1.82, 2.24) is 9.80 Å². The molecule has 1 N–H and O–H groups in total. The Morgan fingerprint density at radius 3 is 2.24 bits per heavy atom. The van der Waals surface area contributed by atoms with Crippen LogP contribution in [-0.2, 0) is 9.59 Å². The van der Waals surface area contributed by atoms with Gasteiger partial charge in [-0.25, -0.2) is 0 Å². The summed E-state index contributed by atoms with van der Waals surface area (Å²) in [5, 5.41) is 9.68. The van der Waals surface area contributed by atoms with Crippen molar-refractivity contribution in [2.45, 2.75) is 51.4 Å². The Hall–Kier alpha value is -1.10. The number of amides is 1. The van der Waals surface area contributed by atoms with Gasteiger partial charge in [-0.05, 0) is 32.9 Å². The lowest BCUT2D eigenvalue weighted by Crippen LogP contribution is -2.41. The summed E-state index contributed by atoms with van der Waals surface area (Å²) < 4.78 is 0. The number of aliphatic carboxylic acids is 1. The van der Waals surface area contributed by atoms with Crippen LogP contribution in [0.25, 0.3) is 0 Å². The molecule has 0 atom stereocenters.